The smallest absolute Gasteiger partial charge is 0.0859 e. The van der Waals surface area contributed by atoms with E-state index in [2.05, 4.69) is 28.8 Å². The average Bonchev–Trinajstić information content (AvgIpc) is 2.85. The van der Waals surface area contributed by atoms with Gasteiger partial charge in [-0.1, -0.05) is 5.21 Å². The van der Waals surface area contributed by atoms with Crippen molar-refractivity contribution in [3.05, 3.63) is 11.4 Å². The summed E-state index contributed by atoms with van der Waals surface area (Å²) in [5.74, 6) is 2.44. The van der Waals surface area contributed by atoms with E-state index in [0.717, 1.165) is 37.2 Å². The molecular formula is C15H26N4O. The molecule has 1 heterocycles. The third kappa shape index (κ3) is 2.61. The van der Waals surface area contributed by atoms with E-state index in [0.29, 0.717) is 6.04 Å². The van der Waals surface area contributed by atoms with E-state index in [-0.39, 0.29) is 0 Å². The van der Waals surface area contributed by atoms with Gasteiger partial charge < -0.3 is 0 Å². The van der Waals surface area contributed by atoms with Crippen molar-refractivity contribution in [3.63, 3.8) is 0 Å². The first kappa shape index (κ1) is 14.0. The van der Waals surface area contributed by atoms with Crippen LogP contribution in [-0.2, 0) is 17.7 Å². The summed E-state index contributed by atoms with van der Waals surface area (Å²) in [7, 11) is 3.92. The van der Waals surface area contributed by atoms with Gasteiger partial charge in [0.2, 0.25) is 0 Å². The molecule has 112 valence electrons. The summed E-state index contributed by atoms with van der Waals surface area (Å²) in [6.45, 7) is 5.24. The zero-order valence-electron chi connectivity index (χ0n) is 13.0. The Hall–Kier alpha value is -0.940. The van der Waals surface area contributed by atoms with Gasteiger partial charge in [-0.05, 0) is 57.3 Å². The molecule has 2 aliphatic carbocycles. The summed E-state index contributed by atoms with van der Waals surface area (Å²) in [4.78, 5) is 5.66. The van der Waals surface area contributed by atoms with Crippen LogP contribution in [0.5, 0.6) is 0 Å². The van der Waals surface area contributed by atoms with Gasteiger partial charge in [0.05, 0.1) is 18.0 Å². The van der Waals surface area contributed by atoms with Crippen LogP contribution in [0.15, 0.2) is 0 Å². The van der Waals surface area contributed by atoms with Gasteiger partial charge in [-0.15, -0.1) is 5.10 Å². The predicted molar refractivity (Wildman–Crippen MR) is 77.2 cm³/mol. The molecule has 1 aromatic heterocycles. The normalized spacial score (nSPS) is 29.0. The van der Waals surface area contributed by atoms with Gasteiger partial charge in [-0.3, -0.25) is 4.84 Å². The maximum atomic E-state index is 5.66. The highest BCUT2D eigenvalue weighted by molar-refractivity contribution is 5.15. The zero-order chi connectivity index (χ0) is 14.3. The van der Waals surface area contributed by atoms with E-state index in [1.165, 1.54) is 24.2 Å². The Kier molecular flexibility index (Phi) is 3.82. The zero-order valence-corrected chi connectivity index (χ0v) is 13.0. The van der Waals surface area contributed by atoms with Gasteiger partial charge in [-0.2, -0.15) is 5.06 Å². The third-order valence-electron chi connectivity index (χ3n) is 4.82. The second-order valence-corrected chi connectivity index (χ2v) is 6.70. The van der Waals surface area contributed by atoms with E-state index in [1.807, 2.05) is 19.2 Å². The van der Waals surface area contributed by atoms with Crippen molar-refractivity contribution in [2.75, 3.05) is 20.7 Å². The molecule has 1 saturated carbocycles. The lowest BCUT2D eigenvalue weighted by atomic mass is 10.0. The summed E-state index contributed by atoms with van der Waals surface area (Å²) in [6, 6.07) is 0.411. The number of hydrogen-bond donors (Lipinski definition) is 0. The number of rotatable bonds is 4. The lowest BCUT2D eigenvalue weighted by Gasteiger charge is -2.12. The molecule has 20 heavy (non-hydrogen) atoms. The topological polar surface area (TPSA) is 43.2 Å². The molecule has 0 saturated heterocycles. The Bertz CT molecular complexity index is 468. The molecule has 3 unspecified atom stereocenters. The van der Waals surface area contributed by atoms with Crippen LogP contribution in [0.3, 0.4) is 0 Å². The molecule has 2 aliphatic rings. The van der Waals surface area contributed by atoms with Crippen LogP contribution in [0, 0.1) is 17.8 Å². The molecule has 3 atom stereocenters. The van der Waals surface area contributed by atoms with Gasteiger partial charge in [0.15, 0.2) is 0 Å². The standard InChI is InChI=1S/C15H26N4O/c1-10(2)19-15-8-6-12-11(5-7-14(15)16-17-19)13(12)9-20-18(3)4/h10-13H,5-9H2,1-4H3. The van der Waals surface area contributed by atoms with E-state index < -0.39 is 0 Å². The number of hydrogen-bond acceptors (Lipinski definition) is 4. The Morgan fingerprint density at radius 3 is 2.60 bits per heavy atom. The first-order chi connectivity index (χ1) is 9.58. The van der Waals surface area contributed by atoms with Crippen molar-refractivity contribution < 1.29 is 4.84 Å². The van der Waals surface area contributed by atoms with Crippen molar-refractivity contribution in [1.29, 1.82) is 0 Å². The van der Waals surface area contributed by atoms with Crippen LogP contribution < -0.4 is 0 Å². The van der Waals surface area contributed by atoms with Crippen molar-refractivity contribution in [3.8, 4) is 0 Å². The molecule has 0 aliphatic heterocycles. The minimum atomic E-state index is 0.411. The average molecular weight is 278 g/mol. The van der Waals surface area contributed by atoms with E-state index in [1.54, 1.807) is 0 Å². The predicted octanol–water partition coefficient (Wildman–Crippen LogP) is 2.09. The molecule has 0 radical (unpaired) electrons. The highest BCUT2D eigenvalue weighted by Crippen LogP contribution is 2.52. The number of hydroxylamine groups is 2. The lowest BCUT2D eigenvalue weighted by molar-refractivity contribution is -0.125. The van der Waals surface area contributed by atoms with Crippen LogP contribution in [-0.4, -0.2) is 40.8 Å². The van der Waals surface area contributed by atoms with Gasteiger partial charge in [-0.25, -0.2) is 4.68 Å². The SMILES string of the molecule is CC(C)n1nnc2c1CCC1C(CC2)C1CON(C)C. The van der Waals surface area contributed by atoms with Crippen LogP contribution >= 0.6 is 0 Å². The monoisotopic (exact) mass is 278 g/mol. The lowest BCUT2D eigenvalue weighted by Crippen LogP contribution is -2.15. The summed E-state index contributed by atoms with van der Waals surface area (Å²) >= 11 is 0. The number of aromatic nitrogens is 3. The van der Waals surface area contributed by atoms with Crippen molar-refractivity contribution in [1.82, 2.24) is 20.1 Å². The van der Waals surface area contributed by atoms with Gasteiger partial charge in [0.25, 0.3) is 0 Å². The first-order valence-corrected chi connectivity index (χ1v) is 7.81. The maximum Gasteiger partial charge on any atom is 0.0859 e. The number of fused-ring (bicyclic) bond motifs is 2. The van der Waals surface area contributed by atoms with Crippen molar-refractivity contribution in [2.45, 2.75) is 45.6 Å². The first-order valence-electron chi connectivity index (χ1n) is 7.81. The van der Waals surface area contributed by atoms with E-state index in [9.17, 15) is 0 Å². The molecule has 1 aromatic rings. The Morgan fingerprint density at radius 2 is 1.95 bits per heavy atom. The molecule has 5 nitrogen and oxygen atoms in total. The summed E-state index contributed by atoms with van der Waals surface area (Å²) < 4.78 is 2.11. The molecule has 1 fully saturated rings. The summed E-state index contributed by atoms with van der Waals surface area (Å²) in [6.07, 6.45) is 4.72. The largest absolute Gasteiger partial charge is 0.299 e. The quantitative estimate of drug-likeness (QED) is 0.791. The van der Waals surface area contributed by atoms with Gasteiger partial charge in [0.1, 0.15) is 0 Å². The van der Waals surface area contributed by atoms with Gasteiger partial charge >= 0.3 is 0 Å². The van der Waals surface area contributed by atoms with Crippen molar-refractivity contribution in [2.24, 2.45) is 17.8 Å². The molecule has 0 spiro atoms. The Morgan fingerprint density at radius 1 is 1.25 bits per heavy atom. The fraction of sp³-hybridized carbons (Fsp3) is 0.867. The minimum Gasteiger partial charge on any atom is -0.299 e. The van der Waals surface area contributed by atoms with E-state index in [4.69, 9.17) is 4.84 Å². The second kappa shape index (κ2) is 5.45. The van der Waals surface area contributed by atoms with Crippen LogP contribution in [0.4, 0.5) is 0 Å². The Labute approximate surface area is 121 Å². The second-order valence-electron chi connectivity index (χ2n) is 6.70. The molecule has 0 bridgehead atoms. The fourth-order valence-corrected chi connectivity index (χ4v) is 3.68. The summed E-state index contributed by atoms with van der Waals surface area (Å²) in [5, 5.41) is 10.6. The van der Waals surface area contributed by atoms with E-state index >= 15 is 0 Å². The fourth-order valence-electron chi connectivity index (χ4n) is 3.68. The van der Waals surface area contributed by atoms with Crippen LogP contribution in [0.25, 0.3) is 0 Å². The van der Waals surface area contributed by atoms with Crippen molar-refractivity contribution >= 4 is 0 Å². The molecule has 0 aromatic carbocycles. The van der Waals surface area contributed by atoms with Crippen LogP contribution in [0.1, 0.15) is 44.1 Å². The molecule has 0 N–H and O–H groups in total. The molecule has 0 amide bonds. The maximum absolute atomic E-state index is 5.66. The molecule has 5 heteroatoms. The summed E-state index contributed by atoms with van der Waals surface area (Å²) in [5.41, 5.74) is 2.61. The van der Waals surface area contributed by atoms with Gasteiger partial charge in [0, 0.05) is 20.1 Å². The van der Waals surface area contributed by atoms with Crippen LogP contribution in [0.2, 0.25) is 0 Å². The number of nitrogens with zero attached hydrogens (tertiary/aromatic N) is 4. The third-order valence-corrected chi connectivity index (χ3v) is 4.82. The molecule has 3 rings (SSSR count). The minimum absolute atomic E-state index is 0.411. The highest BCUT2D eigenvalue weighted by atomic mass is 16.7. The molecular weight excluding hydrogens is 252 g/mol. The highest BCUT2D eigenvalue weighted by Gasteiger charge is 2.49. The number of aryl methyl sites for hydroxylation is 1. The Balaban J connectivity index is 1.65.